The minimum atomic E-state index is -1.54. The van der Waals surface area contributed by atoms with Crippen LogP contribution in [0.25, 0.3) is 10.8 Å². The second kappa shape index (κ2) is 3.88. The van der Waals surface area contributed by atoms with E-state index in [0.29, 0.717) is 11.2 Å². The first-order chi connectivity index (χ1) is 7.24. The summed E-state index contributed by atoms with van der Waals surface area (Å²) in [4.78, 5) is 3.98. The van der Waals surface area contributed by atoms with E-state index in [-0.39, 0.29) is 0 Å². The molecule has 0 atom stereocenters. The van der Waals surface area contributed by atoms with Gasteiger partial charge in [0, 0.05) is 23.2 Å². The summed E-state index contributed by atoms with van der Waals surface area (Å²) in [6, 6.07) is 5.27. The smallest absolute Gasteiger partial charge is 0.492 e. The summed E-state index contributed by atoms with van der Waals surface area (Å²) in [5.74, 6) is 0.454. The molecule has 4 nitrogen and oxygen atoms in total. The Bertz CT molecular complexity index is 487. The molecule has 0 unspecified atom stereocenters. The average Bonchev–Trinajstić information content (AvgIpc) is 2.27. The fourth-order valence-electron chi connectivity index (χ4n) is 1.58. The minimum Gasteiger partial charge on any atom is -0.496 e. The molecule has 2 N–H and O–H groups in total. The third-order valence-electron chi connectivity index (χ3n) is 2.29. The molecule has 5 heteroatoms. The van der Waals surface area contributed by atoms with Crippen LogP contribution in [0.3, 0.4) is 0 Å². The number of benzene rings is 1. The molecule has 2 rings (SSSR count). The van der Waals surface area contributed by atoms with E-state index < -0.39 is 7.12 Å². The van der Waals surface area contributed by atoms with E-state index in [4.69, 9.17) is 14.8 Å². The van der Waals surface area contributed by atoms with E-state index in [9.17, 15) is 0 Å². The summed E-state index contributed by atoms with van der Waals surface area (Å²) in [5.41, 5.74) is 0.345. The molecular weight excluding hydrogens is 193 g/mol. The Morgan fingerprint density at radius 1 is 1.27 bits per heavy atom. The molecule has 0 saturated heterocycles. The molecular formula is C10H10BNO3. The first-order valence-corrected chi connectivity index (χ1v) is 4.51. The number of rotatable bonds is 2. The van der Waals surface area contributed by atoms with Crippen LogP contribution < -0.4 is 10.2 Å². The summed E-state index contributed by atoms with van der Waals surface area (Å²) >= 11 is 0. The van der Waals surface area contributed by atoms with E-state index in [1.807, 2.05) is 6.07 Å². The van der Waals surface area contributed by atoms with Crippen molar-refractivity contribution in [1.82, 2.24) is 4.98 Å². The quantitative estimate of drug-likeness (QED) is 0.670. The molecule has 15 heavy (non-hydrogen) atoms. The molecule has 0 aliphatic heterocycles. The molecule has 0 aliphatic rings. The van der Waals surface area contributed by atoms with Gasteiger partial charge in [0.2, 0.25) is 0 Å². The SMILES string of the molecule is COc1c(B(O)O)ccc2ccncc12. The molecule has 0 bridgehead atoms. The second-order valence-electron chi connectivity index (χ2n) is 3.16. The molecule has 76 valence electrons. The van der Waals surface area contributed by atoms with Gasteiger partial charge in [0.05, 0.1) is 7.11 Å². The molecule has 1 aromatic carbocycles. The first-order valence-electron chi connectivity index (χ1n) is 4.51. The molecule has 1 aromatic heterocycles. The second-order valence-corrected chi connectivity index (χ2v) is 3.16. The number of ether oxygens (including phenoxy) is 1. The third-order valence-corrected chi connectivity index (χ3v) is 2.29. The van der Waals surface area contributed by atoms with Gasteiger partial charge >= 0.3 is 7.12 Å². The fourth-order valence-corrected chi connectivity index (χ4v) is 1.58. The van der Waals surface area contributed by atoms with Crippen LogP contribution >= 0.6 is 0 Å². The third kappa shape index (κ3) is 1.67. The van der Waals surface area contributed by atoms with Gasteiger partial charge in [-0.3, -0.25) is 4.98 Å². The molecule has 0 spiro atoms. The van der Waals surface area contributed by atoms with Gasteiger partial charge < -0.3 is 14.8 Å². The molecule has 0 fully saturated rings. The Labute approximate surface area is 87.3 Å². The fraction of sp³-hybridized carbons (Fsp3) is 0.100. The largest absolute Gasteiger partial charge is 0.496 e. The lowest BCUT2D eigenvalue weighted by atomic mass is 9.78. The summed E-state index contributed by atoms with van der Waals surface area (Å²) < 4.78 is 5.16. The van der Waals surface area contributed by atoms with Crippen LogP contribution in [0, 0.1) is 0 Å². The maximum atomic E-state index is 9.15. The number of fused-ring (bicyclic) bond motifs is 1. The van der Waals surface area contributed by atoms with Crippen molar-refractivity contribution < 1.29 is 14.8 Å². The Morgan fingerprint density at radius 2 is 2.07 bits per heavy atom. The van der Waals surface area contributed by atoms with Crippen molar-refractivity contribution in [2.24, 2.45) is 0 Å². The van der Waals surface area contributed by atoms with Crippen molar-refractivity contribution in [2.45, 2.75) is 0 Å². The van der Waals surface area contributed by atoms with Gasteiger partial charge in [-0.25, -0.2) is 0 Å². The van der Waals surface area contributed by atoms with E-state index in [0.717, 1.165) is 10.8 Å². The number of methoxy groups -OCH3 is 1. The summed E-state index contributed by atoms with van der Waals surface area (Å²) in [6.45, 7) is 0. The van der Waals surface area contributed by atoms with Crippen molar-refractivity contribution in [1.29, 1.82) is 0 Å². The van der Waals surface area contributed by atoms with E-state index in [1.165, 1.54) is 7.11 Å². The Hall–Kier alpha value is -1.59. The van der Waals surface area contributed by atoms with Crippen LogP contribution in [0.2, 0.25) is 0 Å². The van der Waals surface area contributed by atoms with Gasteiger partial charge in [0.1, 0.15) is 5.75 Å². The highest BCUT2D eigenvalue weighted by atomic mass is 16.5. The van der Waals surface area contributed by atoms with Crippen LogP contribution in [0.4, 0.5) is 0 Å². The van der Waals surface area contributed by atoms with Gasteiger partial charge in [0.15, 0.2) is 0 Å². The van der Waals surface area contributed by atoms with Gasteiger partial charge in [-0.05, 0) is 11.5 Å². The molecule has 1 heterocycles. The summed E-state index contributed by atoms with van der Waals surface area (Å²) in [6.07, 6.45) is 3.32. The monoisotopic (exact) mass is 203 g/mol. The standard InChI is InChI=1S/C10H10BNO3/c1-15-10-8-6-12-5-4-7(8)2-3-9(10)11(13)14/h2-6,13-14H,1H3. The van der Waals surface area contributed by atoms with Crippen molar-refractivity contribution in [3.8, 4) is 5.75 Å². The lowest BCUT2D eigenvalue weighted by Gasteiger charge is -2.10. The Balaban J connectivity index is 2.75. The minimum absolute atomic E-state index is 0.345. The number of hydrogen-bond donors (Lipinski definition) is 2. The van der Waals surface area contributed by atoms with Crippen LogP contribution in [0.15, 0.2) is 30.6 Å². The highest BCUT2D eigenvalue weighted by Crippen LogP contribution is 2.22. The first kappa shape index (κ1) is 9.95. The van der Waals surface area contributed by atoms with Crippen LogP contribution in [0.5, 0.6) is 5.75 Å². The topological polar surface area (TPSA) is 62.6 Å². The highest BCUT2D eigenvalue weighted by molar-refractivity contribution is 6.60. The molecule has 0 aliphatic carbocycles. The van der Waals surface area contributed by atoms with Crippen molar-refractivity contribution >= 4 is 23.4 Å². The zero-order chi connectivity index (χ0) is 10.8. The predicted molar refractivity (Wildman–Crippen MR) is 58.1 cm³/mol. The molecule has 0 radical (unpaired) electrons. The van der Waals surface area contributed by atoms with Crippen LogP contribution in [-0.2, 0) is 0 Å². The number of hydrogen-bond acceptors (Lipinski definition) is 4. The average molecular weight is 203 g/mol. The van der Waals surface area contributed by atoms with Crippen molar-refractivity contribution in [3.05, 3.63) is 30.6 Å². The molecule has 0 saturated carbocycles. The van der Waals surface area contributed by atoms with Crippen molar-refractivity contribution in [3.63, 3.8) is 0 Å². The summed E-state index contributed by atoms with van der Waals surface area (Å²) in [5, 5.41) is 20.0. The normalized spacial score (nSPS) is 10.3. The summed E-state index contributed by atoms with van der Waals surface area (Å²) in [7, 11) is -0.0437. The zero-order valence-electron chi connectivity index (χ0n) is 8.21. The van der Waals surface area contributed by atoms with E-state index >= 15 is 0 Å². The van der Waals surface area contributed by atoms with Gasteiger partial charge in [0.25, 0.3) is 0 Å². The van der Waals surface area contributed by atoms with E-state index in [1.54, 1.807) is 24.5 Å². The Morgan fingerprint density at radius 3 is 2.73 bits per heavy atom. The maximum Gasteiger partial charge on any atom is 0.492 e. The predicted octanol–water partition coefficient (Wildman–Crippen LogP) is -0.0768. The zero-order valence-corrected chi connectivity index (χ0v) is 8.21. The maximum absolute atomic E-state index is 9.15. The number of nitrogens with zero attached hydrogens (tertiary/aromatic N) is 1. The number of pyridine rings is 1. The lowest BCUT2D eigenvalue weighted by molar-refractivity contribution is 0.406. The van der Waals surface area contributed by atoms with Gasteiger partial charge in [-0.1, -0.05) is 12.1 Å². The molecule has 0 amide bonds. The highest BCUT2D eigenvalue weighted by Gasteiger charge is 2.18. The lowest BCUT2D eigenvalue weighted by Crippen LogP contribution is -2.31. The van der Waals surface area contributed by atoms with E-state index in [2.05, 4.69) is 4.98 Å². The molecule has 2 aromatic rings. The van der Waals surface area contributed by atoms with Crippen LogP contribution in [-0.4, -0.2) is 29.3 Å². The number of aromatic nitrogens is 1. The van der Waals surface area contributed by atoms with Gasteiger partial charge in [-0.2, -0.15) is 0 Å². The van der Waals surface area contributed by atoms with Crippen LogP contribution in [0.1, 0.15) is 0 Å². The Kier molecular flexibility index (Phi) is 2.57. The van der Waals surface area contributed by atoms with Crippen molar-refractivity contribution in [2.75, 3.05) is 7.11 Å². The van der Waals surface area contributed by atoms with Gasteiger partial charge in [-0.15, -0.1) is 0 Å².